The third kappa shape index (κ3) is 6.70. The predicted molar refractivity (Wildman–Crippen MR) is 166 cm³/mol. The Morgan fingerprint density at radius 2 is 1.59 bits per heavy atom. The van der Waals surface area contributed by atoms with Crippen LogP contribution in [0, 0.1) is 11.3 Å². The Balaban J connectivity index is 1.44. The molecule has 0 saturated carbocycles. The number of para-hydroxylation sites is 1. The molecule has 0 atom stereocenters. The number of halogens is 1. The zero-order valence-corrected chi connectivity index (χ0v) is 24.6. The van der Waals surface area contributed by atoms with E-state index in [0.29, 0.717) is 24.4 Å². The van der Waals surface area contributed by atoms with Gasteiger partial charge in [-0.25, -0.2) is 0 Å². The molecule has 0 radical (unpaired) electrons. The zero-order chi connectivity index (χ0) is 28.6. The molecule has 5 rings (SSSR count). The first-order chi connectivity index (χ1) is 20.1. The maximum Gasteiger partial charge on any atom is 0.258 e. The molecule has 0 aliphatic heterocycles. The van der Waals surface area contributed by atoms with Gasteiger partial charge in [-0.15, -0.1) is 0 Å². The van der Waals surface area contributed by atoms with E-state index in [1.807, 2.05) is 71.6 Å². The molecule has 1 amide bonds. The van der Waals surface area contributed by atoms with Crippen LogP contribution in [0.2, 0.25) is 0 Å². The first-order valence-electron chi connectivity index (χ1n) is 13.8. The molecule has 6 heteroatoms. The Kier molecular flexibility index (Phi) is 9.18. The molecule has 0 bridgehead atoms. The highest BCUT2D eigenvalue weighted by atomic mass is 79.9. The van der Waals surface area contributed by atoms with Gasteiger partial charge >= 0.3 is 0 Å². The van der Waals surface area contributed by atoms with Gasteiger partial charge in [0.2, 0.25) is 0 Å². The highest BCUT2D eigenvalue weighted by Crippen LogP contribution is 2.32. The molecule has 5 aromatic rings. The summed E-state index contributed by atoms with van der Waals surface area (Å²) in [6.45, 7) is 3.10. The van der Waals surface area contributed by atoms with Crippen LogP contribution >= 0.6 is 15.9 Å². The number of hydrogen-bond donors (Lipinski definition) is 0. The van der Waals surface area contributed by atoms with E-state index < -0.39 is 0 Å². The molecular formula is C35H31BrN2O3. The van der Waals surface area contributed by atoms with Crippen LogP contribution in [0.15, 0.2) is 106 Å². The second-order valence-electron chi connectivity index (χ2n) is 9.94. The number of furan rings is 1. The van der Waals surface area contributed by atoms with Crippen LogP contribution in [0.1, 0.15) is 47.0 Å². The topological polar surface area (TPSA) is 66.5 Å². The molecule has 1 heterocycles. The minimum Gasteiger partial charge on any atom is -0.478 e. The van der Waals surface area contributed by atoms with Crippen LogP contribution in [0.25, 0.3) is 22.1 Å². The SMILES string of the molecule is CCCCc1oc2ccccc2c1C(=O)N(Cc1ccccc1)Cc1ccc(-c2ccc(OCC#N)c(Br)c2)cc1. The number of hydrogen-bond acceptors (Lipinski definition) is 4. The van der Waals surface area contributed by atoms with Gasteiger partial charge in [-0.05, 0) is 62.8 Å². The molecule has 41 heavy (non-hydrogen) atoms. The standard InChI is InChI=1S/C35H31BrN2O3/c1-2-3-12-33-34(29-11-7-8-13-31(29)41-33)35(39)38(23-25-9-5-4-6-10-25)24-26-14-16-27(17-15-26)28-18-19-32(30(36)22-28)40-21-20-37/h4-11,13-19,22H,2-3,12,21,23-24H2,1H3. The number of fused-ring (bicyclic) bond motifs is 1. The second kappa shape index (κ2) is 13.3. The molecular weight excluding hydrogens is 576 g/mol. The Morgan fingerprint density at radius 3 is 2.29 bits per heavy atom. The lowest BCUT2D eigenvalue weighted by molar-refractivity contribution is 0.0729. The van der Waals surface area contributed by atoms with Crippen molar-refractivity contribution in [3.8, 4) is 22.9 Å². The maximum atomic E-state index is 14.3. The number of rotatable bonds is 11. The van der Waals surface area contributed by atoms with Gasteiger partial charge in [0.1, 0.15) is 23.2 Å². The smallest absolute Gasteiger partial charge is 0.258 e. The van der Waals surface area contributed by atoms with Crippen molar-refractivity contribution in [2.75, 3.05) is 6.61 Å². The van der Waals surface area contributed by atoms with Crippen LogP contribution in [-0.4, -0.2) is 17.4 Å². The van der Waals surface area contributed by atoms with Gasteiger partial charge in [0.25, 0.3) is 5.91 Å². The van der Waals surface area contributed by atoms with Crippen molar-refractivity contribution in [3.05, 3.63) is 124 Å². The number of benzene rings is 4. The maximum absolute atomic E-state index is 14.3. The zero-order valence-electron chi connectivity index (χ0n) is 23.0. The van der Waals surface area contributed by atoms with Crippen molar-refractivity contribution in [2.24, 2.45) is 0 Å². The average molecular weight is 608 g/mol. The second-order valence-corrected chi connectivity index (χ2v) is 10.8. The van der Waals surface area contributed by atoms with Crippen molar-refractivity contribution in [1.29, 1.82) is 5.26 Å². The summed E-state index contributed by atoms with van der Waals surface area (Å²) in [6, 6.07) is 34.0. The minimum absolute atomic E-state index is 0.000441. The van der Waals surface area contributed by atoms with Gasteiger partial charge in [-0.2, -0.15) is 5.26 Å². The summed E-state index contributed by atoms with van der Waals surface area (Å²) in [5, 5.41) is 9.65. The predicted octanol–water partition coefficient (Wildman–Crippen LogP) is 8.95. The number of carbonyl (C=O) groups excluding carboxylic acids is 1. The van der Waals surface area contributed by atoms with Crippen molar-refractivity contribution < 1.29 is 13.9 Å². The van der Waals surface area contributed by atoms with E-state index in [2.05, 4.69) is 59.3 Å². The Morgan fingerprint density at radius 1 is 0.902 bits per heavy atom. The Labute approximate surface area is 249 Å². The number of carbonyl (C=O) groups is 1. The Hall–Kier alpha value is -4.34. The van der Waals surface area contributed by atoms with Crippen molar-refractivity contribution >= 4 is 32.8 Å². The third-order valence-corrected chi connectivity index (χ3v) is 7.65. The molecule has 0 aliphatic carbocycles. The normalized spacial score (nSPS) is 10.9. The average Bonchev–Trinajstić information content (AvgIpc) is 3.38. The first-order valence-corrected chi connectivity index (χ1v) is 14.6. The summed E-state index contributed by atoms with van der Waals surface area (Å²) < 4.78 is 12.4. The summed E-state index contributed by atoms with van der Waals surface area (Å²) in [6.07, 6.45) is 2.72. The van der Waals surface area contributed by atoms with Gasteiger partial charge in [0, 0.05) is 24.9 Å². The van der Waals surface area contributed by atoms with Crippen LogP contribution in [0.4, 0.5) is 0 Å². The fourth-order valence-corrected chi connectivity index (χ4v) is 5.43. The molecule has 5 nitrogen and oxygen atoms in total. The van der Waals surface area contributed by atoms with Gasteiger partial charge in [-0.3, -0.25) is 4.79 Å². The largest absolute Gasteiger partial charge is 0.478 e. The lowest BCUT2D eigenvalue weighted by atomic mass is 10.0. The minimum atomic E-state index is -0.0223. The lowest BCUT2D eigenvalue weighted by Crippen LogP contribution is -2.30. The van der Waals surface area contributed by atoms with Gasteiger partial charge < -0.3 is 14.1 Å². The third-order valence-electron chi connectivity index (χ3n) is 7.03. The van der Waals surface area contributed by atoms with Gasteiger partial charge in [0.05, 0.1) is 10.0 Å². The number of aryl methyl sites for hydroxylation is 1. The highest BCUT2D eigenvalue weighted by molar-refractivity contribution is 9.10. The number of ether oxygens (including phenoxy) is 1. The van der Waals surface area contributed by atoms with E-state index in [9.17, 15) is 4.79 Å². The lowest BCUT2D eigenvalue weighted by Gasteiger charge is -2.23. The summed E-state index contributed by atoms with van der Waals surface area (Å²) in [5.41, 5.74) is 5.60. The molecule has 0 saturated heterocycles. The molecule has 0 fully saturated rings. The summed E-state index contributed by atoms with van der Waals surface area (Å²) in [7, 11) is 0. The van der Waals surface area contributed by atoms with Crippen molar-refractivity contribution in [1.82, 2.24) is 4.90 Å². The number of unbranched alkanes of at least 4 members (excludes halogenated alkanes) is 1. The van der Waals surface area contributed by atoms with E-state index in [0.717, 1.165) is 62.7 Å². The summed E-state index contributed by atoms with van der Waals surface area (Å²) in [5.74, 6) is 1.37. The number of amides is 1. The fourth-order valence-electron chi connectivity index (χ4n) is 4.94. The van der Waals surface area contributed by atoms with E-state index in [1.165, 1.54) is 0 Å². The van der Waals surface area contributed by atoms with Gasteiger partial charge in [0.15, 0.2) is 6.61 Å². The molecule has 206 valence electrons. The van der Waals surface area contributed by atoms with Crippen molar-refractivity contribution in [3.63, 3.8) is 0 Å². The number of nitrogens with zero attached hydrogens (tertiary/aromatic N) is 2. The van der Waals surface area contributed by atoms with Gasteiger partial charge in [-0.1, -0.05) is 92.2 Å². The first kappa shape index (κ1) is 28.2. The summed E-state index contributed by atoms with van der Waals surface area (Å²) >= 11 is 3.54. The molecule has 0 unspecified atom stereocenters. The van der Waals surface area contributed by atoms with E-state index in [-0.39, 0.29) is 12.5 Å². The Bertz CT molecular complexity index is 1670. The van der Waals surface area contributed by atoms with E-state index >= 15 is 0 Å². The van der Waals surface area contributed by atoms with Crippen LogP contribution in [-0.2, 0) is 19.5 Å². The monoisotopic (exact) mass is 606 g/mol. The van der Waals surface area contributed by atoms with Crippen LogP contribution in [0.3, 0.4) is 0 Å². The quantitative estimate of drug-likeness (QED) is 0.150. The number of nitriles is 1. The molecule has 1 aromatic heterocycles. The van der Waals surface area contributed by atoms with Crippen molar-refractivity contribution in [2.45, 2.75) is 39.3 Å². The fraction of sp³-hybridized carbons (Fsp3) is 0.200. The van der Waals surface area contributed by atoms with Crippen LogP contribution in [0.5, 0.6) is 5.75 Å². The highest BCUT2D eigenvalue weighted by Gasteiger charge is 2.25. The molecule has 0 spiro atoms. The molecule has 0 N–H and O–H groups in total. The van der Waals surface area contributed by atoms with Crippen LogP contribution < -0.4 is 4.74 Å². The molecule has 0 aliphatic rings. The summed E-state index contributed by atoms with van der Waals surface area (Å²) in [4.78, 5) is 16.2. The molecule has 4 aromatic carbocycles. The van der Waals surface area contributed by atoms with E-state index in [4.69, 9.17) is 14.4 Å². The van der Waals surface area contributed by atoms with E-state index in [1.54, 1.807) is 0 Å².